The molecule has 13 heavy (non-hydrogen) atoms. The van der Waals surface area contributed by atoms with E-state index < -0.39 is 0 Å². The summed E-state index contributed by atoms with van der Waals surface area (Å²) in [4.78, 5) is 2.48. The highest BCUT2D eigenvalue weighted by molar-refractivity contribution is 5.13. The molecule has 1 heterocycles. The van der Waals surface area contributed by atoms with Gasteiger partial charge in [0.15, 0.2) is 0 Å². The van der Waals surface area contributed by atoms with Crippen LogP contribution in [0.1, 0.15) is 20.3 Å². The summed E-state index contributed by atoms with van der Waals surface area (Å²) in [6.45, 7) is 7.92. The van der Waals surface area contributed by atoms with E-state index in [4.69, 9.17) is 5.11 Å². The van der Waals surface area contributed by atoms with Gasteiger partial charge in [0.25, 0.3) is 0 Å². The number of likely N-dealkylation sites (tertiary alicyclic amines) is 1. The Bertz CT molecular complexity index is 220. The molecule has 1 N–H and O–H groups in total. The normalized spacial score (nSPS) is 31.6. The highest BCUT2D eigenvalue weighted by Crippen LogP contribution is 2.44. The quantitative estimate of drug-likeness (QED) is 0.663. The average molecular weight is 181 g/mol. The molecule has 1 saturated heterocycles. The van der Waals surface area contributed by atoms with Crippen molar-refractivity contribution in [2.75, 3.05) is 26.2 Å². The third-order valence-corrected chi connectivity index (χ3v) is 3.37. The van der Waals surface area contributed by atoms with Gasteiger partial charge in [0.2, 0.25) is 0 Å². The van der Waals surface area contributed by atoms with Gasteiger partial charge in [-0.2, -0.15) is 0 Å². The SMILES string of the molecule is CC(C)=C(CO)CN1CC2CC2C1. The molecule has 0 radical (unpaired) electrons. The Morgan fingerprint density at radius 1 is 1.31 bits per heavy atom. The molecule has 2 atom stereocenters. The zero-order valence-electron chi connectivity index (χ0n) is 8.58. The van der Waals surface area contributed by atoms with Crippen LogP contribution in [0, 0.1) is 11.8 Å². The minimum atomic E-state index is 0.230. The molecule has 0 aromatic heterocycles. The van der Waals surface area contributed by atoms with Crippen molar-refractivity contribution in [1.82, 2.24) is 4.90 Å². The third kappa shape index (κ3) is 1.94. The van der Waals surface area contributed by atoms with Gasteiger partial charge in [0.1, 0.15) is 0 Å². The van der Waals surface area contributed by atoms with Crippen molar-refractivity contribution in [2.24, 2.45) is 11.8 Å². The highest BCUT2D eigenvalue weighted by atomic mass is 16.3. The van der Waals surface area contributed by atoms with Gasteiger partial charge in [-0.15, -0.1) is 0 Å². The molecule has 1 aliphatic carbocycles. The number of piperidine rings is 1. The summed E-state index contributed by atoms with van der Waals surface area (Å²) >= 11 is 0. The van der Waals surface area contributed by atoms with Crippen LogP contribution in [0.4, 0.5) is 0 Å². The summed E-state index contributed by atoms with van der Waals surface area (Å²) in [5, 5.41) is 9.15. The summed E-state index contributed by atoms with van der Waals surface area (Å²) < 4.78 is 0. The second-order valence-electron chi connectivity index (χ2n) is 4.71. The zero-order chi connectivity index (χ0) is 9.42. The fourth-order valence-electron chi connectivity index (χ4n) is 2.26. The highest BCUT2D eigenvalue weighted by Gasteiger charge is 2.44. The molecule has 0 aromatic carbocycles. The minimum absolute atomic E-state index is 0.230. The molecule has 0 spiro atoms. The summed E-state index contributed by atoms with van der Waals surface area (Å²) in [5.74, 6) is 1.99. The number of hydrogen-bond acceptors (Lipinski definition) is 2. The fraction of sp³-hybridized carbons (Fsp3) is 0.818. The molecule has 2 nitrogen and oxygen atoms in total. The van der Waals surface area contributed by atoms with Crippen LogP contribution >= 0.6 is 0 Å². The molecule has 0 bridgehead atoms. The van der Waals surface area contributed by atoms with E-state index in [9.17, 15) is 0 Å². The lowest BCUT2D eigenvalue weighted by Crippen LogP contribution is -2.26. The van der Waals surface area contributed by atoms with Gasteiger partial charge in [-0.1, -0.05) is 5.57 Å². The smallest absolute Gasteiger partial charge is 0.0656 e. The Balaban J connectivity index is 1.86. The average Bonchev–Trinajstić information content (AvgIpc) is 2.70. The van der Waals surface area contributed by atoms with Gasteiger partial charge < -0.3 is 5.11 Å². The summed E-state index contributed by atoms with van der Waals surface area (Å²) in [7, 11) is 0. The molecule has 2 fully saturated rings. The zero-order valence-corrected chi connectivity index (χ0v) is 8.58. The van der Waals surface area contributed by atoms with Gasteiger partial charge in [-0.3, -0.25) is 4.90 Å². The molecule has 1 saturated carbocycles. The van der Waals surface area contributed by atoms with Crippen LogP contribution in [0.15, 0.2) is 11.1 Å². The van der Waals surface area contributed by atoms with Crippen LogP contribution in [0.2, 0.25) is 0 Å². The number of rotatable bonds is 3. The maximum atomic E-state index is 9.15. The maximum Gasteiger partial charge on any atom is 0.0656 e. The number of nitrogens with zero attached hydrogens (tertiary/aromatic N) is 1. The lowest BCUT2D eigenvalue weighted by Gasteiger charge is -2.19. The van der Waals surface area contributed by atoms with Gasteiger partial charge in [-0.05, 0) is 37.7 Å². The molecule has 74 valence electrons. The molecular formula is C11H19NO. The predicted octanol–water partition coefficient (Wildman–Crippen LogP) is 1.27. The van der Waals surface area contributed by atoms with Crippen molar-refractivity contribution < 1.29 is 5.11 Å². The first-order chi connectivity index (χ1) is 6.20. The van der Waals surface area contributed by atoms with Gasteiger partial charge in [0.05, 0.1) is 6.61 Å². The predicted molar refractivity (Wildman–Crippen MR) is 53.5 cm³/mol. The minimum Gasteiger partial charge on any atom is -0.392 e. The van der Waals surface area contributed by atoms with Crippen LogP contribution in [0.3, 0.4) is 0 Å². The van der Waals surface area contributed by atoms with Crippen LogP contribution in [-0.2, 0) is 0 Å². The molecule has 1 aliphatic heterocycles. The van der Waals surface area contributed by atoms with E-state index in [2.05, 4.69) is 18.7 Å². The molecule has 2 aliphatic rings. The van der Waals surface area contributed by atoms with Crippen molar-refractivity contribution in [2.45, 2.75) is 20.3 Å². The summed E-state index contributed by atoms with van der Waals surface area (Å²) in [6.07, 6.45) is 1.46. The van der Waals surface area contributed by atoms with Gasteiger partial charge >= 0.3 is 0 Å². The number of fused-ring (bicyclic) bond motifs is 1. The Morgan fingerprint density at radius 3 is 2.38 bits per heavy atom. The number of allylic oxidation sites excluding steroid dienone is 1. The number of aliphatic hydroxyl groups excluding tert-OH is 1. The second kappa shape index (κ2) is 3.43. The summed E-state index contributed by atoms with van der Waals surface area (Å²) in [6, 6.07) is 0. The van der Waals surface area contributed by atoms with Gasteiger partial charge in [0, 0.05) is 19.6 Å². The molecule has 2 rings (SSSR count). The first kappa shape index (κ1) is 9.22. The molecule has 2 heteroatoms. The van der Waals surface area contributed by atoms with Crippen molar-refractivity contribution in [3.05, 3.63) is 11.1 Å². The summed E-state index contributed by atoms with van der Waals surface area (Å²) in [5.41, 5.74) is 2.49. The lowest BCUT2D eigenvalue weighted by molar-refractivity contribution is 0.284. The van der Waals surface area contributed by atoms with Crippen LogP contribution in [-0.4, -0.2) is 36.2 Å². The van der Waals surface area contributed by atoms with E-state index in [1.807, 2.05) is 0 Å². The third-order valence-electron chi connectivity index (χ3n) is 3.37. The van der Waals surface area contributed by atoms with Gasteiger partial charge in [-0.25, -0.2) is 0 Å². The van der Waals surface area contributed by atoms with E-state index in [0.29, 0.717) is 0 Å². The van der Waals surface area contributed by atoms with E-state index in [1.54, 1.807) is 0 Å². The standard InChI is InChI=1S/C11H19NO/c1-8(2)11(7-13)6-12-4-9-3-10(9)5-12/h9-10,13H,3-7H2,1-2H3. The Labute approximate surface area is 80.2 Å². The second-order valence-corrected chi connectivity index (χ2v) is 4.71. The molecular weight excluding hydrogens is 162 g/mol. The maximum absolute atomic E-state index is 9.15. The van der Waals surface area contributed by atoms with Crippen molar-refractivity contribution in [3.63, 3.8) is 0 Å². The first-order valence-electron chi connectivity index (χ1n) is 5.19. The largest absolute Gasteiger partial charge is 0.392 e. The molecule has 2 unspecified atom stereocenters. The van der Waals surface area contributed by atoms with E-state index in [1.165, 1.54) is 30.7 Å². The monoisotopic (exact) mass is 181 g/mol. The van der Waals surface area contributed by atoms with Crippen molar-refractivity contribution in [3.8, 4) is 0 Å². The molecule has 0 amide bonds. The topological polar surface area (TPSA) is 23.5 Å². The van der Waals surface area contributed by atoms with Crippen LogP contribution in [0.5, 0.6) is 0 Å². The Kier molecular flexibility index (Phi) is 2.43. The van der Waals surface area contributed by atoms with E-state index >= 15 is 0 Å². The van der Waals surface area contributed by atoms with Crippen molar-refractivity contribution >= 4 is 0 Å². The molecule has 0 aromatic rings. The van der Waals surface area contributed by atoms with Crippen molar-refractivity contribution in [1.29, 1.82) is 0 Å². The number of hydrogen-bond donors (Lipinski definition) is 1. The van der Waals surface area contributed by atoms with Crippen LogP contribution in [0.25, 0.3) is 0 Å². The number of aliphatic hydroxyl groups is 1. The first-order valence-corrected chi connectivity index (χ1v) is 5.19. The van der Waals surface area contributed by atoms with E-state index in [0.717, 1.165) is 18.4 Å². The van der Waals surface area contributed by atoms with E-state index in [-0.39, 0.29) is 6.61 Å². The lowest BCUT2D eigenvalue weighted by atomic mass is 10.1. The Morgan fingerprint density at radius 2 is 1.92 bits per heavy atom. The van der Waals surface area contributed by atoms with Crippen LogP contribution < -0.4 is 0 Å². The fourth-order valence-corrected chi connectivity index (χ4v) is 2.26. The Hall–Kier alpha value is -0.340.